The summed E-state index contributed by atoms with van der Waals surface area (Å²) in [6.45, 7) is 0.541. The monoisotopic (exact) mass is 428 g/mol. The highest BCUT2D eigenvalue weighted by molar-refractivity contribution is 6.02. The highest BCUT2D eigenvalue weighted by atomic mass is 15.4. The van der Waals surface area contributed by atoms with Gasteiger partial charge in [-0.05, 0) is 17.7 Å². The maximum absolute atomic E-state index is 4.95. The van der Waals surface area contributed by atoms with Crippen LogP contribution in [0.1, 0.15) is 5.56 Å². The van der Waals surface area contributed by atoms with E-state index in [-0.39, 0.29) is 0 Å². The second kappa shape index (κ2) is 6.70. The van der Waals surface area contributed by atoms with Crippen molar-refractivity contribution < 1.29 is 0 Å². The zero-order valence-electron chi connectivity index (χ0n) is 17.3. The number of amidine groups is 1. The van der Waals surface area contributed by atoms with E-state index in [1.807, 2.05) is 60.8 Å². The van der Waals surface area contributed by atoms with Crippen molar-refractivity contribution in [1.82, 2.24) is 25.4 Å². The third-order valence-electron chi connectivity index (χ3n) is 6.22. The average molecular weight is 428 g/mol. The summed E-state index contributed by atoms with van der Waals surface area (Å²) < 4.78 is 0. The standard InChI is InChI=1S/C25H16N8/c1-2-9-18-15(6-1)12-27-23(30-18)20-13-26-19-10-5-7-16(22(19)29-20)21-17-8-3-4-11-25(17)14-28-32-24(25)33-31-21/h1-13,31H,14H2. The van der Waals surface area contributed by atoms with Crippen molar-refractivity contribution in [3.05, 3.63) is 90.3 Å². The highest BCUT2D eigenvalue weighted by Crippen LogP contribution is 2.45. The van der Waals surface area contributed by atoms with Crippen LogP contribution >= 0.6 is 0 Å². The Hall–Kier alpha value is -4.59. The number of nitrogens with zero attached hydrogens (tertiary/aromatic N) is 7. The molecule has 0 radical (unpaired) electrons. The summed E-state index contributed by atoms with van der Waals surface area (Å²) >= 11 is 0. The molecule has 1 atom stereocenters. The lowest BCUT2D eigenvalue weighted by Gasteiger charge is -2.32. The summed E-state index contributed by atoms with van der Waals surface area (Å²) in [5.41, 5.74) is 8.65. The van der Waals surface area contributed by atoms with Crippen LogP contribution in [0.5, 0.6) is 0 Å². The van der Waals surface area contributed by atoms with E-state index < -0.39 is 5.41 Å². The summed E-state index contributed by atoms with van der Waals surface area (Å²) in [6.07, 6.45) is 11.8. The molecule has 0 saturated carbocycles. The van der Waals surface area contributed by atoms with Crippen LogP contribution in [0.25, 0.3) is 39.2 Å². The molecule has 1 unspecified atom stereocenters. The van der Waals surface area contributed by atoms with Crippen molar-refractivity contribution in [2.24, 2.45) is 20.7 Å². The molecule has 0 bridgehead atoms. The van der Waals surface area contributed by atoms with Crippen LogP contribution in [0, 0.1) is 5.41 Å². The maximum atomic E-state index is 4.95. The molecule has 4 heterocycles. The minimum Gasteiger partial charge on any atom is -0.276 e. The fourth-order valence-corrected chi connectivity index (χ4v) is 4.56. The molecule has 0 saturated heterocycles. The van der Waals surface area contributed by atoms with Gasteiger partial charge in [0.1, 0.15) is 11.1 Å². The molecule has 7 rings (SSSR count). The third-order valence-corrected chi connectivity index (χ3v) is 6.22. The fourth-order valence-electron chi connectivity index (χ4n) is 4.56. The Morgan fingerprint density at radius 2 is 1.82 bits per heavy atom. The molecule has 8 nitrogen and oxygen atoms in total. The van der Waals surface area contributed by atoms with Crippen LogP contribution in [0.3, 0.4) is 0 Å². The number of para-hydroxylation sites is 2. The predicted octanol–water partition coefficient (Wildman–Crippen LogP) is 4.45. The number of allylic oxidation sites excluding steroid dienone is 3. The first-order valence-electron chi connectivity index (χ1n) is 10.6. The molecule has 8 heteroatoms. The van der Waals surface area contributed by atoms with Crippen LogP contribution in [0.2, 0.25) is 0 Å². The van der Waals surface area contributed by atoms with Crippen molar-refractivity contribution >= 4 is 33.5 Å². The van der Waals surface area contributed by atoms with Crippen molar-refractivity contribution in [3.63, 3.8) is 0 Å². The SMILES string of the molecule is C1=CC2=C(c3cccc4ncc(-c5ncc6ccccc6n5)nc34)NN=C3N=NCC32C=C1. The Morgan fingerprint density at radius 1 is 0.879 bits per heavy atom. The van der Waals surface area contributed by atoms with E-state index in [1.54, 1.807) is 6.20 Å². The summed E-state index contributed by atoms with van der Waals surface area (Å²) in [6, 6.07) is 13.8. The van der Waals surface area contributed by atoms with Gasteiger partial charge in [0.15, 0.2) is 11.7 Å². The number of azo groups is 1. The molecule has 4 aromatic rings. The molecule has 3 aliphatic rings. The molecule has 0 amide bonds. The minimum absolute atomic E-state index is 0.440. The lowest BCUT2D eigenvalue weighted by Crippen LogP contribution is -2.37. The molecule has 33 heavy (non-hydrogen) atoms. The van der Waals surface area contributed by atoms with E-state index in [0.717, 1.165) is 38.8 Å². The van der Waals surface area contributed by atoms with E-state index in [1.165, 1.54) is 0 Å². The second-order valence-corrected chi connectivity index (χ2v) is 8.11. The Kier molecular flexibility index (Phi) is 3.66. The van der Waals surface area contributed by atoms with Crippen molar-refractivity contribution in [2.45, 2.75) is 0 Å². The van der Waals surface area contributed by atoms with E-state index in [9.17, 15) is 0 Å². The van der Waals surface area contributed by atoms with E-state index >= 15 is 0 Å². The number of hydrogen-bond acceptors (Lipinski definition) is 8. The first kappa shape index (κ1) is 18.0. The van der Waals surface area contributed by atoms with Crippen LogP contribution in [-0.4, -0.2) is 32.3 Å². The van der Waals surface area contributed by atoms with Crippen LogP contribution in [0.4, 0.5) is 0 Å². The number of aromatic nitrogens is 4. The Balaban J connectivity index is 1.42. The molecule has 0 fully saturated rings. The normalized spacial score (nSPS) is 20.7. The first-order valence-corrected chi connectivity index (χ1v) is 10.6. The van der Waals surface area contributed by atoms with Crippen molar-refractivity contribution in [2.75, 3.05) is 6.54 Å². The summed E-state index contributed by atoms with van der Waals surface area (Å²) in [5, 5.41) is 14.0. The number of rotatable bonds is 2. The van der Waals surface area contributed by atoms with E-state index in [0.29, 0.717) is 23.9 Å². The highest BCUT2D eigenvalue weighted by Gasteiger charge is 2.45. The van der Waals surface area contributed by atoms with Crippen molar-refractivity contribution in [1.29, 1.82) is 0 Å². The number of nitrogens with one attached hydrogen (secondary N) is 1. The van der Waals surface area contributed by atoms with Crippen LogP contribution < -0.4 is 5.43 Å². The van der Waals surface area contributed by atoms with Gasteiger partial charge in [0.2, 0.25) is 0 Å². The average Bonchev–Trinajstić information content (AvgIpc) is 3.29. The predicted molar refractivity (Wildman–Crippen MR) is 126 cm³/mol. The van der Waals surface area contributed by atoms with Gasteiger partial charge in [0.05, 0.1) is 35.0 Å². The van der Waals surface area contributed by atoms with Gasteiger partial charge >= 0.3 is 0 Å². The van der Waals surface area contributed by atoms with Crippen LogP contribution in [-0.2, 0) is 0 Å². The molecule has 1 aliphatic carbocycles. The zero-order valence-corrected chi connectivity index (χ0v) is 17.3. The minimum atomic E-state index is -0.440. The summed E-state index contributed by atoms with van der Waals surface area (Å²) in [4.78, 5) is 18.8. The summed E-state index contributed by atoms with van der Waals surface area (Å²) in [5.74, 6) is 1.22. The van der Waals surface area contributed by atoms with Gasteiger partial charge in [-0.3, -0.25) is 10.4 Å². The number of hydrazone groups is 1. The fraction of sp³-hybridized carbons (Fsp3) is 0.0800. The number of benzene rings is 2. The first-order chi connectivity index (χ1) is 16.3. The maximum Gasteiger partial charge on any atom is 0.186 e. The van der Waals surface area contributed by atoms with Gasteiger partial charge in [-0.15, -0.1) is 5.11 Å². The lowest BCUT2D eigenvalue weighted by atomic mass is 9.74. The molecule has 2 aromatic heterocycles. The van der Waals surface area contributed by atoms with Gasteiger partial charge < -0.3 is 0 Å². The third kappa shape index (κ3) is 2.61. The Morgan fingerprint density at radius 3 is 2.82 bits per heavy atom. The zero-order chi connectivity index (χ0) is 21.8. The van der Waals surface area contributed by atoms with Crippen molar-refractivity contribution in [3.8, 4) is 11.5 Å². The molecule has 2 aliphatic heterocycles. The van der Waals surface area contributed by atoms with Gasteiger partial charge in [0.25, 0.3) is 0 Å². The van der Waals surface area contributed by atoms with Gasteiger partial charge in [0, 0.05) is 17.1 Å². The second-order valence-electron chi connectivity index (χ2n) is 8.11. The quantitative estimate of drug-likeness (QED) is 0.508. The Labute approximate surface area is 188 Å². The number of hydrogen-bond donors (Lipinski definition) is 1. The van der Waals surface area contributed by atoms with Gasteiger partial charge in [-0.2, -0.15) is 10.2 Å². The van der Waals surface area contributed by atoms with Gasteiger partial charge in [-0.25, -0.2) is 15.0 Å². The molecule has 2 aromatic carbocycles. The molecule has 1 N–H and O–H groups in total. The molecule has 1 spiro atoms. The number of fused-ring (bicyclic) bond motifs is 2. The molecular weight excluding hydrogens is 412 g/mol. The van der Waals surface area contributed by atoms with Gasteiger partial charge in [-0.1, -0.05) is 54.6 Å². The van der Waals surface area contributed by atoms with E-state index in [2.05, 4.69) is 42.9 Å². The summed E-state index contributed by atoms with van der Waals surface area (Å²) in [7, 11) is 0. The largest absolute Gasteiger partial charge is 0.276 e. The Bertz CT molecular complexity index is 1630. The van der Waals surface area contributed by atoms with E-state index in [4.69, 9.17) is 9.97 Å². The molecular formula is C25H16N8. The van der Waals surface area contributed by atoms with Crippen LogP contribution in [0.15, 0.2) is 100 Å². The smallest absolute Gasteiger partial charge is 0.186 e. The molecule has 156 valence electrons. The topological polar surface area (TPSA) is 101 Å². The lowest BCUT2D eigenvalue weighted by molar-refractivity contribution is 0.657.